The van der Waals surface area contributed by atoms with E-state index in [-0.39, 0.29) is 12.5 Å². The number of carbonyl (C=O) groups excluding carboxylic acids is 1. The smallest absolute Gasteiger partial charge is 0.257 e. The summed E-state index contributed by atoms with van der Waals surface area (Å²) in [6, 6.07) is 11.5. The predicted molar refractivity (Wildman–Crippen MR) is 85.6 cm³/mol. The lowest BCUT2D eigenvalue weighted by molar-refractivity contribution is -0.123. The standard InChI is InChI=1S/C15H15IN2O2/c16-13-3-5-14(6-4-13)20-11-15(19)18-9-7-12-2-1-8-17-10-12/h1-6,8,10H,7,9,11H2,(H,18,19). The molecule has 1 aromatic carbocycles. The number of carbonyl (C=O) groups is 1. The fourth-order valence-corrected chi connectivity index (χ4v) is 1.98. The Balaban J connectivity index is 1.67. The van der Waals surface area contributed by atoms with Crippen molar-refractivity contribution < 1.29 is 9.53 Å². The minimum absolute atomic E-state index is 0.0353. The van der Waals surface area contributed by atoms with Gasteiger partial charge in [0.2, 0.25) is 0 Å². The maximum Gasteiger partial charge on any atom is 0.257 e. The van der Waals surface area contributed by atoms with Gasteiger partial charge in [0.05, 0.1) is 0 Å². The molecule has 0 saturated carbocycles. The Labute approximate surface area is 131 Å². The Kier molecular flexibility index (Phi) is 5.79. The zero-order valence-electron chi connectivity index (χ0n) is 10.9. The van der Waals surface area contributed by atoms with Crippen molar-refractivity contribution in [3.63, 3.8) is 0 Å². The van der Waals surface area contributed by atoms with Crippen LogP contribution in [0.4, 0.5) is 0 Å². The molecule has 0 aliphatic rings. The van der Waals surface area contributed by atoms with Crippen molar-refractivity contribution in [2.45, 2.75) is 6.42 Å². The van der Waals surface area contributed by atoms with Crippen LogP contribution in [-0.2, 0) is 11.2 Å². The third-order valence-corrected chi connectivity index (χ3v) is 3.36. The molecule has 1 amide bonds. The van der Waals surface area contributed by atoms with Crippen molar-refractivity contribution in [1.29, 1.82) is 0 Å². The maximum absolute atomic E-state index is 11.6. The first kappa shape index (κ1) is 14.8. The molecule has 2 aromatic rings. The second-order valence-corrected chi connectivity index (χ2v) is 5.45. The molecule has 104 valence electrons. The first-order chi connectivity index (χ1) is 9.74. The molecule has 0 atom stereocenters. The molecule has 0 saturated heterocycles. The molecule has 1 heterocycles. The van der Waals surface area contributed by atoms with Crippen LogP contribution >= 0.6 is 22.6 Å². The Morgan fingerprint density at radius 3 is 2.75 bits per heavy atom. The molecule has 2 rings (SSSR count). The summed E-state index contributed by atoms with van der Waals surface area (Å²) in [7, 11) is 0. The molecule has 0 radical (unpaired) electrons. The van der Waals surface area contributed by atoms with E-state index in [2.05, 4.69) is 32.9 Å². The van der Waals surface area contributed by atoms with Gasteiger partial charge in [0.15, 0.2) is 6.61 Å². The van der Waals surface area contributed by atoms with Gasteiger partial charge in [-0.3, -0.25) is 9.78 Å². The van der Waals surface area contributed by atoms with Gasteiger partial charge in [0.25, 0.3) is 5.91 Å². The molecule has 20 heavy (non-hydrogen) atoms. The summed E-state index contributed by atoms with van der Waals surface area (Å²) in [5.41, 5.74) is 1.10. The largest absolute Gasteiger partial charge is 0.484 e. The zero-order valence-corrected chi connectivity index (χ0v) is 13.0. The van der Waals surface area contributed by atoms with Gasteiger partial charge in [-0.1, -0.05) is 6.07 Å². The average Bonchev–Trinajstić information content (AvgIpc) is 2.48. The third-order valence-electron chi connectivity index (χ3n) is 2.64. The molecule has 0 fully saturated rings. The molecule has 0 aliphatic heterocycles. The maximum atomic E-state index is 11.6. The van der Waals surface area contributed by atoms with Gasteiger partial charge in [-0.25, -0.2) is 0 Å². The highest BCUT2D eigenvalue weighted by molar-refractivity contribution is 14.1. The summed E-state index contributed by atoms with van der Waals surface area (Å²) in [4.78, 5) is 15.6. The number of rotatable bonds is 6. The molecular formula is C15H15IN2O2. The van der Waals surface area contributed by atoms with Crippen LogP contribution in [0, 0.1) is 3.57 Å². The minimum Gasteiger partial charge on any atom is -0.484 e. The van der Waals surface area contributed by atoms with Crippen LogP contribution in [0.25, 0.3) is 0 Å². The third kappa shape index (κ3) is 5.16. The van der Waals surface area contributed by atoms with E-state index >= 15 is 0 Å². The minimum atomic E-state index is -0.118. The molecule has 0 spiro atoms. The summed E-state index contributed by atoms with van der Waals surface area (Å²) in [6.45, 7) is 0.619. The number of nitrogens with zero attached hydrogens (tertiary/aromatic N) is 1. The Morgan fingerprint density at radius 1 is 1.25 bits per heavy atom. The van der Waals surface area contributed by atoms with Crippen LogP contribution in [0.1, 0.15) is 5.56 Å². The first-order valence-corrected chi connectivity index (χ1v) is 7.36. The number of aromatic nitrogens is 1. The van der Waals surface area contributed by atoms with Crippen molar-refractivity contribution in [1.82, 2.24) is 10.3 Å². The number of hydrogen-bond donors (Lipinski definition) is 1. The van der Waals surface area contributed by atoms with Crippen molar-refractivity contribution in [3.8, 4) is 5.75 Å². The molecule has 1 aromatic heterocycles. The van der Waals surface area contributed by atoms with Crippen molar-refractivity contribution >= 4 is 28.5 Å². The molecule has 0 bridgehead atoms. The number of benzene rings is 1. The highest BCUT2D eigenvalue weighted by Gasteiger charge is 2.02. The number of nitrogens with one attached hydrogen (secondary N) is 1. The summed E-state index contributed by atoms with van der Waals surface area (Å²) in [6.07, 6.45) is 4.30. The van der Waals surface area contributed by atoms with E-state index in [1.165, 1.54) is 0 Å². The number of ether oxygens (including phenoxy) is 1. The fraction of sp³-hybridized carbons (Fsp3) is 0.200. The quantitative estimate of drug-likeness (QED) is 0.781. The van der Waals surface area contributed by atoms with Crippen molar-refractivity contribution in [3.05, 3.63) is 57.9 Å². The van der Waals surface area contributed by atoms with Gasteiger partial charge in [-0.2, -0.15) is 0 Å². The van der Waals surface area contributed by atoms with E-state index in [0.717, 1.165) is 15.6 Å². The molecular weight excluding hydrogens is 367 g/mol. The van der Waals surface area contributed by atoms with Crippen molar-refractivity contribution in [2.75, 3.05) is 13.2 Å². The second-order valence-electron chi connectivity index (χ2n) is 4.20. The fourth-order valence-electron chi connectivity index (χ4n) is 1.62. The van der Waals surface area contributed by atoms with Crippen LogP contribution in [0.15, 0.2) is 48.8 Å². The van der Waals surface area contributed by atoms with E-state index in [9.17, 15) is 4.79 Å². The highest BCUT2D eigenvalue weighted by atomic mass is 127. The van der Waals surface area contributed by atoms with Crippen molar-refractivity contribution in [2.24, 2.45) is 0 Å². The van der Waals surface area contributed by atoms with Gasteiger partial charge < -0.3 is 10.1 Å². The Bertz CT molecular complexity index is 544. The van der Waals surface area contributed by atoms with Gasteiger partial charge in [-0.05, 0) is 64.9 Å². The predicted octanol–water partition coefficient (Wildman–Crippen LogP) is 2.42. The van der Waals surface area contributed by atoms with Crippen LogP contribution in [0.2, 0.25) is 0 Å². The number of pyridine rings is 1. The molecule has 5 heteroatoms. The lowest BCUT2D eigenvalue weighted by Gasteiger charge is -2.07. The summed E-state index contributed by atoms with van der Waals surface area (Å²) < 4.78 is 6.53. The number of amides is 1. The monoisotopic (exact) mass is 382 g/mol. The van der Waals surface area contributed by atoms with Crippen LogP contribution in [0.5, 0.6) is 5.75 Å². The molecule has 0 aliphatic carbocycles. The molecule has 0 unspecified atom stereocenters. The highest BCUT2D eigenvalue weighted by Crippen LogP contribution is 2.13. The number of hydrogen-bond acceptors (Lipinski definition) is 3. The van der Waals surface area contributed by atoms with Gasteiger partial charge >= 0.3 is 0 Å². The number of halogens is 1. The van der Waals surface area contributed by atoms with E-state index in [4.69, 9.17) is 4.74 Å². The summed E-state index contributed by atoms with van der Waals surface area (Å²) >= 11 is 2.22. The van der Waals surface area contributed by atoms with E-state index < -0.39 is 0 Å². The lowest BCUT2D eigenvalue weighted by Crippen LogP contribution is -2.30. The van der Waals surface area contributed by atoms with Crippen LogP contribution in [0.3, 0.4) is 0 Å². The topological polar surface area (TPSA) is 51.2 Å². The van der Waals surface area contributed by atoms with Gasteiger partial charge in [0.1, 0.15) is 5.75 Å². The summed E-state index contributed by atoms with van der Waals surface area (Å²) in [5.74, 6) is 0.584. The second kappa shape index (κ2) is 7.84. The van der Waals surface area contributed by atoms with E-state index in [0.29, 0.717) is 12.3 Å². The first-order valence-electron chi connectivity index (χ1n) is 6.28. The Morgan fingerprint density at radius 2 is 2.05 bits per heavy atom. The molecule has 1 N–H and O–H groups in total. The Hall–Kier alpha value is -1.63. The molecule has 4 nitrogen and oxygen atoms in total. The van der Waals surface area contributed by atoms with Gasteiger partial charge in [0, 0.05) is 22.5 Å². The van der Waals surface area contributed by atoms with E-state index in [1.807, 2.05) is 36.4 Å². The van der Waals surface area contributed by atoms with Crippen LogP contribution in [-0.4, -0.2) is 24.0 Å². The van der Waals surface area contributed by atoms with Crippen LogP contribution < -0.4 is 10.1 Å². The van der Waals surface area contributed by atoms with Gasteiger partial charge in [-0.15, -0.1) is 0 Å². The van der Waals surface area contributed by atoms with E-state index in [1.54, 1.807) is 12.4 Å². The normalized spacial score (nSPS) is 10.1. The summed E-state index contributed by atoms with van der Waals surface area (Å²) in [5, 5.41) is 2.82. The SMILES string of the molecule is O=C(COc1ccc(I)cc1)NCCc1cccnc1. The average molecular weight is 382 g/mol. The lowest BCUT2D eigenvalue weighted by atomic mass is 10.2. The zero-order chi connectivity index (χ0) is 14.2.